The van der Waals surface area contributed by atoms with Gasteiger partial charge in [-0.1, -0.05) is 41.4 Å². The van der Waals surface area contributed by atoms with Crippen LogP contribution in [0, 0.1) is 11.3 Å². The maximum atomic E-state index is 9.39. The molecule has 0 bridgehead atoms. The largest absolute Gasteiger partial charge is 0.396 e. The third kappa shape index (κ3) is 7.43. The Kier molecular flexibility index (Phi) is 9.59. The molecule has 5 nitrogen and oxygen atoms in total. The van der Waals surface area contributed by atoms with E-state index in [9.17, 15) is 5.11 Å². The van der Waals surface area contributed by atoms with Gasteiger partial charge < -0.3 is 20.5 Å². The van der Waals surface area contributed by atoms with Crippen LogP contribution < -0.4 is 10.6 Å². The molecule has 152 valence electrons. The summed E-state index contributed by atoms with van der Waals surface area (Å²) in [6.07, 6.45) is 3.87. The van der Waals surface area contributed by atoms with Crippen molar-refractivity contribution in [1.29, 1.82) is 0 Å². The standard InChI is InChI=1S/C21H34BrN3O2/c1-3-17(12-18-6-5-7-19(22)13-18)14-24-20(23-4-2)25-15-21(8-10-26)9-11-27-16-21/h5-7,13,17,26H,3-4,8-12,14-16H2,1-2H3,(H2,23,24,25). The van der Waals surface area contributed by atoms with Crippen molar-refractivity contribution in [3.63, 3.8) is 0 Å². The molecule has 0 saturated carbocycles. The average molecular weight is 440 g/mol. The molecule has 27 heavy (non-hydrogen) atoms. The average Bonchev–Trinajstić information content (AvgIpc) is 3.12. The van der Waals surface area contributed by atoms with Crippen LogP contribution in [0.15, 0.2) is 33.7 Å². The topological polar surface area (TPSA) is 65.9 Å². The van der Waals surface area contributed by atoms with E-state index in [0.29, 0.717) is 19.1 Å². The molecule has 0 amide bonds. The molecular formula is C21H34BrN3O2. The fourth-order valence-corrected chi connectivity index (χ4v) is 3.92. The van der Waals surface area contributed by atoms with Gasteiger partial charge in [0.2, 0.25) is 0 Å². The predicted octanol–water partition coefficient (Wildman–Crippen LogP) is 3.36. The summed E-state index contributed by atoms with van der Waals surface area (Å²) in [5.41, 5.74) is 1.34. The Balaban J connectivity index is 1.93. The van der Waals surface area contributed by atoms with Crippen LogP contribution in [0.5, 0.6) is 0 Å². The summed E-state index contributed by atoms with van der Waals surface area (Å²) in [7, 11) is 0. The first-order valence-electron chi connectivity index (χ1n) is 10.1. The van der Waals surface area contributed by atoms with Gasteiger partial charge in [-0.25, -0.2) is 0 Å². The summed E-state index contributed by atoms with van der Waals surface area (Å²) < 4.78 is 6.70. The molecule has 0 radical (unpaired) electrons. The van der Waals surface area contributed by atoms with Crippen LogP contribution in [0.1, 0.15) is 38.7 Å². The molecule has 1 aliphatic heterocycles. The Morgan fingerprint density at radius 3 is 2.85 bits per heavy atom. The Labute approximate surface area is 172 Å². The summed E-state index contributed by atoms with van der Waals surface area (Å²) in [6.45, 7) is 8.37. The number of rotatable bonds is 10. The Hall–Kier alpha value is -1.11. The van der Waals surface area contributed by atoms with Gasteiger partial charge in [0.1, 0.15) is 0 Å². The van der Waals surface area contributed by atoms with Crippen LogP contribution >= 0.6 is 15.9 Å². The van der Waals surface area contributed by atoms with Gasteiger partial charge in [-0.15, -0.1) is 0 Å². The molecule has 2 atom stereocenters. The smallest absolute Gasteiger partial charge is 0.191 e. The normalized spacial score (nSPS) is 21.3. The van der Waals surface area contributed by atoms with Gasteiger partial charge in [-0.05, 0) is 49.8 Å². The van der Waals surface area contributed by atoms with Crippen LogP contribution in [0.4, 0.5) is 0 Å². The zero-order valence-electron chi connectivity index (χ0n) is 16.6. The number of aliphatic imine (C=N–C) groups is 1. The summed E-state index contributed by atoms with van der Waals surface area (Å²) >= 11 is 3.55. The number of aliphatic hydroxyl groups is 1. The van der Waals surface area contributed by atoms with E-state index >= 15 is 0 Å². The molecule has 1 fully saturated rings. The number of hydrogen-bond acceptors (Lipinski definition) is 3. The molecule has 1 heterocycles. The highest BCUT2D eigenvalue weighted by molar-refractivity contribution is 9.10. The van der Waals surface area contributed by atoms with Crippen molar-refractivity contribution >= 4 is 21.9 Å². The molecule has 2 unspecified atom stereocenters. The van der Waals surface area contributed by atoms with E-state index in [1.54, 1.807) is 0 Å². The first kappa shape index (κ1) is 22.2. The first-order chi connectivity index (χ1) is 13.1. The van der Waals surface area contributed by atoms with Crippen LogP contribution in [-0.2, 0) is 11.2 Å². The molecule has 1 aliphatic rings. The maximum Gasteiger partial charge on any atom is 0.191 e. The summed E-state index contributed by atoms with van der Waals surface area (Å²) in [5, 5.41) is 16.2. The number of nitrogens with zero attached hydrogens (tertiary/aromatic N) is 1. The van der Waals surface area contributed by atoms with Crippen molar-refractivity contribution in [3.8, 4) is 0 Å². The quantitative estimate of drug-likeness (QED) is 0.386. The third-order valence-electron chi connectivity index (χ3n) is 5.29. The van der Waals surface area contributed by atoms with Crippen LogP contribution in [0.25, 0.3) is 0 Å². The minimum Gasteiger partial charge on any atom is -0.396 e. The van der Waals surface area contributed by atoms with Gasteiger partial charge in [0, 0.05) is 36.2 Å². The van der Waals surface area contributed by atoms with E-state index in [1.807, 2.05) is 0 Å². The van der Waals surface area contributed by atoms with Gasteiger partial charge >= 0.3 is 0 Å². The molecule has 0 aliphatic carbocycles. The van der Waals surface area contributed by atoms with Crippen LogP contribution in [-0.4, -0.2) is 50.5 Å². The second-order valence-corrected chi connectivity index (χ2v) is 8.38. The lowest BCUT2D eigenvalue weighted by Crippen LogP contribution is -2.41. The summed E-state index contributed by atoms with van der Waals surface area (Å²) in [5.74, 6) is 1.40. The fourth-order valence-electron chi connectivity index (χ4n) is 3.48. The van der Waals surface area contributed by atoms with Gasteiger partial charge in [0.05, 0.1) is 13.2 Å². The minimum atomic E-state index is -0.0163. The molecule has 3 N–H and O–H groups in total. The fraction of sp³-hybridized carbons (Fsp3) is 0.667. The number of aliphatic hydroxyl groups excluding tert-OH is 1. The highest BCUT2D eigenvalue weighted by atomic mass is 79.9. The molecule has 6 heteroatoms. The van der Waals surface area contributed by atoms with Crippen molar-refractivity contribution in [2.75, 3.05) is 39.5 Å². The molecule has 1 aromatic carbocycles. The van der Waals surface area contributed by atoms with E-state index in [0.717, 1.165) is 55.8 Å². The Morgan fingerprint density at radius 1 is 1.37 bits per heavy atom. The highest BCUT2D eigenvalue weighted by Gasteiger charge is 2.34. The highest BCUT2D eigenvalue weighted by Crippen LogP contribution is 2.32. The number of halogens is 1. The SMILES string of the molecule is CCNC(=NCC1(CCO)CCOC1)NCC(CC)Cc1cccc(Br)c1. The lowest BCUT2D eigenvalue weighted by atomic mass is 9.84. The molecule has 1 aromatic rings. The van der Waals surface area contributed by atoms with Crippen LogP contribution in [0.2, 0.25) is 0 Å². The first-order valence-corrected chi connectivity index (χ1v) is 10.9. The minimum absolute atomic E-state index is 0.0163. The van der Waals surface area contributed by atoms with Crippen molar-refractivity contribution in [2.24, 2.45) is 16.3 Å². The number of guanidine groups is 1. The summed E-state index contributed by atoms with van der Waals surface area (Å²) in [6, 6.07) is 8.54. The Morgan fingerprint density at radius 2 is 2.22 bits per heavy atom. The van der Waals surface area contributed by atoms with Gasteiger partial charge in [-0.2, -0.15) is 0 Å². The molecule has 1 saturated heterocycles. The van der Waals surface area contributed by atoms with Crippen molar-refractivity contribution in [2.45, 2.75) is 39.5 Å². The second-order valence-electron chi connectivity index (χ2n) is 7.46. The number of hydrogen-bond donors (Lipinski definition) is 3. The maximum absolute atomic E-state index is 9.39. The molecule has 0 aromatic heterocycles. The van der Waals surface area contributed by atoms with E-state index in [4.69, 9.17) is 9.73 Å². The monoisotopic (exact) mass is 439 g/mol. The van der Waals surface area contributed by atoms with E-state index in [2.05, 4.69) is 64.7 Å². The summed E-state index contributed by atoms with van der Waals surface area (Å²) in [4.78, 5) is 4.81. The van der Waals surface area contributed by atoms with Crippen molar-refractivity contribution in [3.05, 3.63) is 34.3 Å². The van der Waals surface area contributed by atoms with Crippen molar-refractivity contribution in [1.82, 2.24) is 10.6 Å². The van der Waals surface area contributed by atoms with E-state index in [1.165, 1.54) is 5.56 Å². The van der Waals surface area contributed by atoms with Crippen LogP contribution in [0.3, 0.4) is 0 Å². The number of nitrogens with one attached hydrogen (secondary N) is 2. The molecule has 0 spiro atoms. The molecule has 2 rings (SSSR count). The van der Waals surface area contributed by atoms with E-state index in [-0.39, 0.29) is 12.0 Å². The number of benzene rings is 1. The van der Waals surface area contributed by atoms with Gasteiger partial charge in [0.25, 0.3) is 0 Å². The van der Waals surface area contributed by atoms with E-state index < -0.39 is 0 Å². The lowest BCUT2D eigenvalue weighted by molar-refractivity contribution is 0.131. The zero-order valence-corrected chi connectivity index (χ0v) is 18.2. The predicted molar refractivity (Wildman–Crippen MR) is 115 cm³/mol. The van der Waals surface area contributed by atoms with Crippen molar-refractivity contribution < 1.29 is 9.84 Å². The zero-order chi connectivity index (χ0) is 19.5. The Bertz CT molecular complexity index is 589. The number of ether oxygens (including phenoxy) is 1. The van der Waals surface area contributed by atoms with Gasteiger partial charge in [-0.3, -0.25) is 4.99 Å². The second kappa shape index (κ2) is 11.7. The molecular weight excluding hydrogens is 406 g/mol. The van der Waals surface area contributed by atoms with Gasteiger partial charge in [0.15, 0.2) is 5.96 Å². The third-order valence-corrected chi connectivity index (χ3v) is 5.79. The lowest BCUT2D eigenvalue weighted by Gasteiger charge is -2.25.